The summed E-state index contributed by atoms with van der Waals surface area (Å²) in [6.45, 7) is 3.17. The SMILES string of the molecule is CCCNC(CCc1ccco1)Cc1nnn(C)n1. The third kappa shape index (κ3) is 4.48. The Morgan fingerprint density at radius 2 is 2.37 bits per heavy atom. The molecule has 1 unspecified atom stereocenters. The van der Waals surface area contributed by atoms with Crippen LogP contribution in [-0.2, 0) is 19.9 Å². The van der Waals surface area contributed by atoms with Crippen molar-refractivity contribution in [3.8, 4) is 0 Å². The first-order valence-electron chi connectivity index (χ1n) is 6.76. The van der Waals surface area contributed by atoms with Gasteiger partial charge in [0.1, 0.15) is 5.76 Å². The van der Waals surface area contributed by atoms with Gasteiger partial charge in [0, 0.05) is 18.9 Å². The predicted octanol–water partition coefficient (Wildman–Crippen LogP) is 1.35. The molecule has 0 amide bonds. The minimum atomic E-state index is 0.356. The summed E-state index contributed by atoms with van der Waals surface area (Å²) in [6.07, 6.45) is 5.56. The first kappa shape index (κ1) is 13.7. The summed E-state index contributed by atoms with van der Waals surface area (Å²) in [7, 11) is 1.79. The van der Waals surface area contributed by atoms with E-state index in [9.17, 15) is 0 Å². The monoisotopic (exact) mass is 263 g/mol. The van der Waals surface area contributed by atoms with E-state index in [4.69, 9.17) is 4.42 Å². The summed E-state index contributed by atoms with van der Waals surface area (Å²) in [5.41, 5.74) is 0. The summed E-state index contributed by atoms with van der Waals surface area (Å²) in [4.78, 5) is 1.50. The van der Waals surface area contributed by atoms with Crippen molar-refractivity contribution in [1.82, 2.24) is 25.5 Å². The summed E-state index contributed by atoms with van der Waals surface area (Å²) in [5, 5.41) is 15.7. The molecule has 6 nitrogen and oxygen atoms in total. The molecule has 0 fully saturated rings. The van der Waals surface area contributed by atoms with Gasteiger partial charge < -0.3 is 9.73 Å². The van der Waals surface area contributed by atoms with E-state index in [1.807, 2.05) is 12.1 Å². The lowest BCUT2D eigenvalue weighted by molar-refractivity contribution is 0.436. The lowest BCUT2D eigenvalue weighted by Crippen LogP contribution is -2.32. The van der Waals surface area contributed by atoms with E-state index in [-0.39, 0.29) is 0 Å². The maximum absolute atomic E-state index is 5.37. The fourth-order valence-corrected chi connectivity index (χ4v) is 2.02. The van der Waals surface area contributed by atoms with Gasteiger partial charge in [-0.3, -0.25) is 0 Å². The van der Waals surface area contributed by atoms with Gasteiger partial charge in [0.25, 0.3) is 0 Å². The zero-order valence-corrected chi connectivity index (χ0v) is 11.5. The fraction of sp³-hybridized carbons (Fsp3) is 0.615. The molecular formula is C13H21N5O. The molecule has 0 aliphatic rings. The highest BCUT2D eigenvalue weighted by Gasteiger charge is 2.13. The molecule has 19 heavy (non-hydrogen) atoms. The van der Waals surface area contributed by atoms with Crippen LogP contribution >= 0.6 is 0 Å². The highest BCUT2D eigenvalue weighted by Crippen LogP contribution is 2.08. The highest BCUT2D eigenvalue weighted by atomic mass is 16.3. The maximum Gasteiger partial charge on any atom is 0.176 e. The van der Waals surface area contributed by atoms with Gasteiger partial charge in [-0.2, -0.15) is 4.80 Å². The number of hydrogen-bond acceptors (Lipinski definition) is 5. The Labute approximate surface area is 113 Å². The van der Waals surface area contributed by atoms with Gasteiger partial charge in [0.05, 0.1) is 13.3 Å². The van der Waals surface area contributed by atoms with Gasteiger partial charge in [0.2, 0.25) is 0 Å². The number of nitrogens with zero attached hydrogens (tertiary/aromatic N) is 4. The standard InChI is InChI=1S/C13H21N5O/c1-3-8-14-11(6-7-12-5-4-9-19-12)10-13-15-17-18(2)16-13/h4-5,9,11,14H,3,6-8,10H2,1-2H3. The van der Waals surface area contributed by atoms with Gasteiger partial charge in [-0.15, -0.1) is 10.2 Å². The molecule has 2 aromatic heterocycles. The summed E-state index contributed by atoms with van der Waals surface area (Å²) >= 11 is 0. The molecular weight excluding hydrogens is 242 g/mol. The van der Waals surface area contributed by atoms with Crippen molar-refractivity contribution >= 4 is 0 Å². The van der Waals surface area contributed by atoms with E-state index >= 15 is 0 Å². The smallest absolute Gasteiger partial charge is 0.176 e. The van der Waals surface area contributed by atoms with Crippen LogP contribution in [0.1, 0.15) is 31.4 Å². The van der Waals surface area contributed by atoms with E-state index in [1.54, 1.807) is 13.3 Å². The quantitative estimate of drug-likeness (QED) is 0.778. The predicted molar refractivity (Wildman–Crippen MR) is 71.6 cm³/mol. The van der Waals surface area contributed by atoms with E-state index in [0.717, 1.165) is 43.8 Å². The topological polar surface area (TPSA) is 68.8 Å². The van der Waals surface area contributed by atoms with Crippen LogP contribution in [0, 0.1) is 0 Å². The number of tetrazole rings is 1. The van der Waals surface area contributed by atoms with E-state index in [0.29, 0.717) is 6.04 Å². The Morgan fingerprint density at radius 3 is 3.00 bits per heavy atom. The van der Waals surface area contributed by atoms with Crippen LogP contribution in [0.4, 0.5) is 0 Å². The van der Waals surface area contributed by atoms with Crippen LogP contribution in [0.2, 0.25) is 0 Å². The lowest BCUT2D eigenvalue weighted by atomic mass is 10.1. The van der Waals surface area contributed by atoms with Crippen molar-refractivity contribution in [3.05, 3.63) is 30.0 Å². The molecule has 6 heteroatoms. The molecule has 0 aromatic carbocycles. The molecule has 2 heterocycles. The Bertz CT molecular complexity index is 465. The molecule has 0 aliphatic carbocycles. The largest absolute Gasteiger partial charge is 0.469 e. The number of aryl methyl sites for hydroxylation is 2. The molecule has 104 valence electrons. The van der Waals surface area contributed by atoms with Gasteiger partial charge >= 0.3 is 0 Å². The molecule has 2 rings (SSSR count). The number of hydrogen-bond donors (Lipinski definition) is 1. The van der Waals surface area contributed by atoms with Crippen molar-refractivity contribution < 1.29 is 4.42 Å². The Kier molecular flexibility index (Phi) is 5.09. The number of rotatable bonds is 8. The van der Waals surface area contributed by atoms with Gasteiger partial charge in [-0.05, 0) is 36.7 Å². The second-order valence-corrected chi connectivity index (χ2v) is 4.67. The van der Waals surface area contributed by atoms with Crippen LogP contribution < -0.4 is 5.32 Å². The van der Waals surface area contributed by atoms with Crippen molar-refractivity contribution in [2.45, 2.75) is 38.6 Å². The van der Waals surface area contributed by atoms with Crippen LogP contribution in [0.3, 0.4) is 0 Å². The Hall–Kier alpha value is -1.69. The zero-order chi connectivity index (χ0) is 13.5. The minimum Gasteiger partial charge on any atom is -0.469 e. The molecule has 0 saturated heterocycles. The third-order valence-corrected chi connectivity index (χ3v) is 2.98. The number of aromatic nitrogens is 4. The third-order valence-electron chi connectivity index (χ3n) is 2.98. The molecule has 1 N–H and O–H groups in total. The first-order chi connectivity index (χ1) is 9.28. The van der Waals surface area contributed by atoms with Crippen LogP contribution in [0.5, 0.6) is 0 Å². The molecule has 0 spiro atoms. The van der Waals surface area contributed by atoms with Gasteiger partial charge in [0.15, 0.2) is 5.82 Å². The zero-order valence-electron chi connectivity index (χ0n) is 11.5. The van der Waals surface area contributed by atoms with Crippen molar-refractivity contribution in [2.75, 3.05) is 6.54 Å². The minimum absolute atomic E-state index is 0.356. The normalized spacial score (nSPS) is 12.7. The average Bonchev–Trinajstić information content (AvgIpc) is 3.04. The van der Waals surface area contributed by atoms with Crippen molar-refractivity contribution in [1.29, 1.82) is 0 Å². The molecule has 1 atom stereocenters. The second-order valence-electron chi connectivity index (χ2n) is 4.67. The summed E-state index contributed by atoms with van der Waals surface area (Å²) < 4.78 is 5.37. The van der Waals surface area contributed by atoms with Gasteiger partial charge in [-0.1, -0.05) is 6.92 Å². The highest BCUT2D eigenvalue weighted by molar-refractivity contribution is 4.99. The van der Waals surface area contributed by atoms with Crippen LogP contribution in [0.25, 0.3) is 0 Å². The molecule has 0 bridgehead atoms. The lowest BCUT2D eigenvalue weighted by Gasteiger charge is -2.16. The number of furan rings is 1. The second kappa shape index (κ2) is 7.04. The van der Waals surface area contributed by atoms with E-state index in [1.165, 1.54) is 4.80 Å². The number of nitrogens with one attached hydrogen (secondary N) is 1. The Morgan fingerprint density at radius 1 is 1.47 bits per heavy atom. The Balaban J connectivity index is 1.87. The molecule has 0 aliphatic heterocycles. The van der Waals surface area contributed by atoms with Crippen molar-refractivity contribution in [2.24, 2.45) is 7.05 Å². The molecule has 0 saturated carbocycles. The summed E-state index contributed by atoms with van der Waals surface area (Å²) in [5.74, 6) is 1.81. The van der Waals surface area contributed by atoms with E-state index in [2.05, 4.69) is 27.7 Å². The summed E-state index contributed by atoms with van der Waals surface area (Å²) in [6, 6.07) is 4.29. The van der Waals surface area contributed by atoms with E-state index < -0.39 is 0 Å². The molecule has 0 radical (unpaired) electrons. The van der Waals surface area contributed by atoms with Gasteiger partial charge in [-0.25, -0.2) is 0 Å². The maximum atomic E-state index is 5.37. The first-order valence-corrected chi connectivity index (χ1v) is 6.76. The molecule has 2 aromatic rings. The van der Waals surface area contributed by atoms with Crippen molar-refractivity contribution in [3.63, 3.8) is 0 Å². The van der Waals surface area contributed by atoms with Crippen LogP contribution in [0.15, 0.2) is 22.8 Å². The van der Waals surface area contributed by atoms with Crippen LogP contribution in [-0.4, -0.2) is 32.8 Å². The average molecular weight is 263 g/mol. The fourth-order valence-electron chi connectivity index (χ4n) is 2.02.